The minimum absolute atomic E-state index is 0.473. The van der Waals surface area contributed by atoms with E-state index in [2.05, 4.69) is 15.0 Å². The Morgan fingerprint density at radius 1 is 1.26 bits per heavy atom. The van der Waals surface area contributed by atoms with E-state index in [0.29, 0.717) is 17.7 Å². The maximum Gasteiger partial charge on any atom is 0.138 e. The van der Waals surface area contributed by atoms with Crippen LogP contribution in [0.5, 0.6) is 5.75 Å². The molecule has 5 heteroatoms. The van der Waals surface area contributed by atoms with E-state index in [4.69, 9.17) is 16.3 Å². The van der Waals surface area contributed by atoms with E-state index in [1.54, 1.807) is 18.5 Å². The van der Waals surface area contributed by atoms with Gasteiger partial charge in [0.15, 0.2) is 0 Å². The van der Waals surface area contributed by atoms with Crippen molar-refractivity contribution in [2.45, 2.75) is 25.7 Å². The molecule has 0 aromatic carbocycles. The van der Waals surface area contributed by atoms with E-state index in [9.17, 15) is 0 Å². The molecule has 0 atom stereocenters. The molecule has 0 amide bonds. The molecule has 0 spiro atoms. The maximum absolute atomic E-state index is 6.07. The number of rotatable bonds is 4. The van der Waals surface area contributed by atoms with E-state index in [1.165, 1.54) is 0 Å². The Hall–Kier alpha value is -1.68. The third-order valence-corrected chi connectivity index (χ3v) is 3.17. The predicted molar refractivity (Wildman–Crippen MR) is 73.4 cm³/mol. The van der Waals surface area contributed by atoms with Crippen LogP contribution in [-0.2, 0) is 0 Å². The summed E-state index contributed by atoms with van der Waals surface area (Å²) >= 11 is 6.07. The van der Waals surface area contributed by atoms with Crippen molar-refractivity contribution in [3.8, 4) is 17.0 Å². The van der Waals surface area contributed by atoms with E-state index in [0.717, 1.165) is 35.7 Å². The van der Waals surface area contributed by atoms with Crippen molar-refractivity contribution in [1.82, 2.24) is 15.0 Å². The minimum Gasteiger partial charge on any atom is -0.492 e. The van der Waals surface area contributed by atoms with Crippen LogP contribution in [0.15, 0.2) is 24.5 Å². The number of pyridine rings is 1. The molecule has 19 heavy (non-hydrogen) atoms. The first-order valence-electron chi connectivity index (χ1n) is 6.39. The summed E-state index contributed by atoms with van der Waals surface area (Å²) < 4.78 is 5.45. The van der Waals surface area contributed by atoms with Gasteiger partial charge in [-0.05, 0) is 25.8 Å². The van der Waals surface area contributed by atoms with Crippen LogP contribution in [0.4, 0.5) is 0 Å². The van der Waals surface area contributed by atoms with Gasteiger partial charge in [0.2, 0.25) is 0 Å². The Kier molecular flexibility index (Phi) is 3.34. The Balaban J connectivity index is 1.98. The average Bonchev–Trinajstić information content (AvgIpc) is 3.23. The monoisotopic (exact) mass is 275 g/mol. The van der Waals surface area contributed by atoms with Gasteiger partial charge >= 0.3 is 0 Å². The summed E-state index contributed by atoms with van der Waals surface area (Å²) in [6.45, 7) is 2.56. The molecular formula is C14H14ClN3O. The molecular weight excluding hydrogens is 262 g/mol. The van der Waals surface area contributed by atoms with Gasteiger partial charge in [0.1, 0.15) is 16.7 Å². The van der Waals surface area contributed by atoms with E-state index >= 15 is 0 Å². The molecule has 0 radical (unpaired) electrons. The summed E-state index contributed by atoms with van der Waals surface area (Å²) in [5, 5.41) is 0.480. The SMILES string of the molecule is CCOc1cncc(-c2cc(Cl)nc(C3CC3)n2)c1. The molecule has 0 saturated heterocycles. The Labute approximate surface area is 116 Å². The first-order chi connectivity index (χ1) is 9.26. The van der Waals surface area contributed by atoms with Crippen LogP contribution in [0.2, 0.25) is 5.15 Å². The molecule has 1 fully saturated rings. The van der Waals surface area contributed by atoms with Crippen LogP contribution in [0, 0.1) is 0 Å². The molecule has 0 aliphatic heterocycles. The summed E-state index contributed by atoms with van der Waals surface area (Å²) in [6, 6.07) is 3.69. The van der Waals surface area contributed by atoms with Gasteiger partial charge in [-0.2, -0.15) is 0 Å². The standard InChI is InChI=1S/C14H14ClN3O/c1-2-19-11-5-10(7-16-8-11)12-6-13(15)18-14(17-12)9-3-4-9/h5-9H,2-4H2,1H3. The zero-order valence-corrected chi connectivity index (χ0v) is 11.4. The van der Waals surface area contributed by atoms with Gasteiger partial charge in [0, 0.05) is 23.7 Å². The lowest BCUT2D eigenvalue weighted by Crippen LogP contribution is -1.97. The molecule has 1 aliphatic carbocycles. The minimum atomic E-state index is 0.473. The molecule has 1 saturated carbocycles. The van der Waals surface area contributed by atoms with Crippen molar-refractivity contribution >= 4 is 11.6 Å². The van der Waals surface area contributed by atoms with Gasteiger partial charge in [0.05, 0.1) is 18.5 Å². The fourth-order valence-corrected chi connectivity index (χ4v) is 2.10. The quantitative estimate of drug-likeness (QED) is 0.802. The highest BCUT2D eigenvalue weighted by atomic mass is 35.5. The molecule has 0 unspecified atom stereocenters. The van der Waals surface area contributed by atoms with E-state index in [1.807, 2.05) is 13.0 Å². The zero-order valence-electron chi connectivity index (χ0n) is 10.6. The zero-order chi connectivity index (χ0) is 13.2. The largest absolute Gasteiger partial charge is 0.492 e. The predicted octanol–water partition coefficient (Wildman–Crippen LogP) is 3.47. The van der Waals surface area contributed by atoms with Crippen LogP contribution in [0.3, 0.4) is 0 Å². The summed E-state index contributed by atoms with van der Waals surface area (Å²) in [7, 11) is 0. The lowest BCUT2D eigenvalue weighted by molar-refractivity contribution is 0.339. The van der Waals surface area contributed by atoms with Crippen molar-refractivity contribution in [1.29, 1.82) is 0 Å². The van der Waals surface area contributed by atoms with E-state index in [-0.39, 0.29) is 0 Å². The molecule has 1 aliphatic rings. The Morgan fingerprint density at radius 2 is 2.11 bits per heavy atom. The molecule has 3 rings (SSSR count). The normalized spacial score (nSPS) is 14.4. The second-order valence-corrected chi connectivity index (χ2v) is 4.94. The van der Waals surface area contributed by atoms with Gasteiger partial charge in [-0.25, -0.2) is 9.97 Å². The first-order valence-corrected chi connectivity index (χ1v) is 6.76. The smallest absolute Gasteiger partial charge is 0.138 e. The van der Waals surface area contributed by atoms with Crippen LogP contribution in [0.25, 0.3) is 11.3 Å². The summed E-state index contributed by atoms with van der Waals surface area (Å²) in [4.78, 5) is 13.0. The first kappa shape index (κ1) is 12.4. The van der Waals surface area contributed by atoms with Gasteiger partial charge in [0.25, 0.3) is 0 Å². The maximum atomic E-state index is 6.07. The molecule has 2 heterocycles. The second-order valence-electron chi connectivity index (χ2n) is 4.55. The van der Waals surface area contributed by atoms with Gasteiger partial charge in [-0.1, -0.05) is 11.6 Å². The summed E-state index contributed by atoms with van der Waals surface area (Å²) in [6.07, 6.45) is 5.75. The van der Waals surface area contributed by atoms with Crippen LogP contribution in [0.1, 0.15) is 31.5 Å². The topological polar surface area (TPSA) is 47.9 Å². The van der Waals surface area contributed by atoms with Gasteiger partial charge in [-0.3, -0.25) is 4.98 Å². The third kappa shape index (κ3) is 2.84. The number of ether oxygens (including phenoxy) is 1. The van der Waals surface area contributed by atoms with Crippen molar-refractivity contribution in [3.05, 3.63) is 35.5 Å². The highest BCUT2D eigenvalue weighted by Crippen LogP contribution is 2.39. The number of halogens is 1. The van der Waals surface area contributed by atoms with Crippen molar-refractivity contribution in [2.24, 2.45) is 0 Å². The van der Waals surface area contributed by atoms with Crippen molar-refractivity contribution in [3.63, 3.8) is 0 Å². The third-order valence-electron chi connectivity index (χ3n) is 2.97. The lowest BCUT2D eigenvalue weighted by Gasteiger charge is -2.07. The van der Waals surface area contributed by atoms with Crippen LogP contribution >= 0.6 is 11.6 Å². The lowest BCUT2D eigenvalue weighted by atomic mass is 10.2. The summed E-state index contributed by atoms with van der Waals surface area (Å²) in [5.74, 6) is 2.05. The average molecular weight is 276 g/mol. The fraction of sp³-hybridized carbons (Fsp3) is 0.357. The number of nitrogens with zero attached hydrogens (tertiary/aromatic N) is 3. The van der Waals surface area contributed by atoms with Crippen molar-refractivity contribution < 1.29 is 4.74 Å². The highest BCUT2D eigenvalue weighted by Gasteiger charge is 2.27. The number of hydrogen-bond donors (Lipinski definition) is 0. The molecule has 4 nitrogen and oxygen atoms in total. The molecule has 2 aromatic heterocycles. The van der Waals surface area contributed by atoms with Crippen LogP contribution in [-0.4, -0.2) is 21.6 Å². The van der Waals surface area contributed by atoms with Crippen molar-refractivity contribution in [2.75, 3.05) is 6.61 Å². The van der Waals surface area contributed by atoms with Crippen LogP contribution < -0.4 is 4.74 Å². The second kappa shape index (κ2) is 5.13. The molecule has 0 bridgehead atoms. The van der Waals surface area contributed by atoms with E-state index < -0.39 is 0 Å². The molecule has 2 aromatic rings. The summed E-state index contributed by atoms with van der Waals surface area (Å²) in [5.41, 5.74) is 1.70. The highest BCUT2D eigenvalue weighted by molar-refractivity contribution is 6.29. The number of hydrogen-bond acceptors (Lipinski definition) is 4. The Morgan fingerprint density at radius 3 is 2.84 bits per heavy atom. The molecule has 98 valence electrons. The molecule has 0 N–H and O–H groups in total. The Bertz CT molecular complexity index is 599. The number of aromatic nitrogens is 3. The van der Waals surface area contributed by atoms with Gasteiger partial charge in [-0.15, -0.1) is 0 Å². The fourth-order valence-electron chi connectivity index (χ4n) is 1.91. The van der Waals surface area contributed by atoms with Gasteiger partial charge < -0.3 is 4.74 Å².